The van der Waals surface area contributed by atoms with E-state index >= 15 is 0 Å². The molecule has 19 heavy (non-hydrogen) atoms. The molecule has 0 unspecified atom stereocenters. The van der Waals surface area contributed by atoms with Crippen molar-refractivity contribution in [2.45, 2.75) is 33.6 Å². The fraction of sp³-hybridized carbons (Fsp3) is 0.438. The normalized spacial score (nSPS) is 9.95. The van der Waals surface area contributed by atoms with Crippen LogP contribution in [0.15, 0.2) is 18.2 Å². The molecule has 0 aliphatic heterocycles. The smallest absolute Gasteiger partial charge is 0.227 e. The van der Waals surface area contributed by atoms with Gasteiger partial charge in [-0.05, 0) is 37.5 Å². The van der Waals surface area contributed by atoms with Gasteiger partial charge >= 0.3 is 0 Å². The highest BCUT2D eigenvalue weighted by atomic mass is 16.1. The van der Waals surface area contributed by atoms with Crippen LogP contribution in [-0.2, 0) is 4.79 Å². The Kier molecular flexibility index (Phi) is 6.11. The van der Waals surface area contributed by atoms with Crippen molar-refractivity contribution in [2.24, 2.45) is 11.7 Å². The van der Waals surface area contributed by atoms with Crippen molar-refractivity contribution in [1.29, 1.82) is 0 Å². The zero-order valence-corrected chi connectivity index (χ0v) is 11.9. The van der Waals surface area contributed by atoms with Crippen molar-refractivity contribution in [1.82, 2.24) is 0 Å². The van der Waals surface area contributed by atoms with Crippen LogP contribution < -0.4 is 11.1 Å². The van der Waals surface area contributed by atoms with E-state index in [1.165, 1.54) is 0 Å². The van der Waals surface area contributed by atoms with Crippen LogP contribution in [0, 0.1) is 24.7 Å². The first-order valence-corrected chi connectivity index (χ1v) is 6.72. The first-order chi connectivity index (χ1) is 9.12. The summed E-state index contributed by atoms with van der Waals surface area (Å²) in [5.74, 6) is 6.00. The average Bonchev–Trinajstić information content (AvgIpc) is 2.40. The second-order valence-corrected chi connectivity index (χ2v) is 4.54. The van der Waals surface area contributed by atoms with Crippen molar-refractivity contribution in [3.63, 3.8) is 0 Å². The number of rotatable bonds is 4. The Morgan fingerprint density at radius 2 is 2.05 bits per heavy atom. The molecule has 0 spiro atoms. The lowest BCUT2D eigenvalue weighted by Gasteiger charge is -2.13. The number of carbonyl (C=O) groups excluding carboxylic acids is 1. The molecule has 3 nitrogen and oxygen atoms in total. The van der Waals surface area contributed by atoms with Gasteiger partial charge in [0.25, 0.3) is 0 Å². The van der Waals surface area contributed by atoms with E-state index in [9.17, 15) is 4.79 Å². The highest BCUT2D eigenvalue weighted by molar-refractivity contribution is 5.92. The fourth-order valence-corrected chi connectivity index (χ4v) is 1.88. The molecular weight excluding hydrogens is 236 g/mol. The van der Waals surface area contributed by atoms with Crippen LogP contribution in [0.4, 0.5) is 5.69 Å². The van der Waals surface area contributed by atoms with Crippen LogP contribution in [0.25, 0.3) is 0 Å². The van der Waals surface area contributed by atoms with E-state index in [1.807, 2.05) is 39.0 Å². The number of nitrogens with two attached hydrogens (primary N) is 1. The molecule has 0 fully saturated rings. The minimum absolute atomic E-state index is 0.0693. The predicted molar refractivity (Wildman–Crippen MR) is 79.8 cm³/mol. The monoisotopic (exact) mass is 258 g/mol. The van der Waals surface area contributed by atoms with Crippen molar-refractivity contribution < 1.29 is 4.79 Å². The van der Waals surface area contributed by atoms with Gasteiger partial charge in [-0.25, -0.2) is 0 Å². The van der Waals surface area contributed by atoms with Gasteiger partial charge in [0.1, 0.15) is 0 Å². The van der Waals surface area contributed by atoms with E-state index in [2.05, 4.69) is 17.2 Å². The SMILES string of the molecule is CCC(CC)C(=O)Nc1ccc(C)c(C#CCN)c1. The third-order valence-corrected chi connectivity index (χ3v) is 3.19. The highest BCUT2D eigenvalue weighted by Gasteiger charge is 2.14. The van der Waals surface area contributed by atoms with E-state index in [4.69, 9.17) is 5.73 Å². The Morgan fingerprint density at radius 1 is 1.37 bits per heavy atom. The molecule has 0 bridgehead atoms. The number of hydrogen-bond donors (Lipinski definition) is 2. The molecule has 0 aromatic heterocycles. The quantitative estimate of drug-likeness (QED) is 0.816. The van der Waals surface area contributed by atoms with Crippen molar-refractivity contribution in [3.05, 3.63) is 29.3 Å². The molecular formula is C16H22N2O. The molecule has 102 valence electrons. The summed E-state index contributed by atoms with van der Waals surface area (Å²) in [5.41, 5.74) is 8.17. The Hall–Kier alpha value is -1.79. The fourth-order valence-electron chi connectivity index (χ4n) is 1.88. The zero-order valence-electron chi connectivity index (χ0n) is 11.9. The molecule has 0 aliphatic carbocycles. The molecule has 0 aliphatic rings. The van der Waals surface area contributed by atoms with Gasteiger partial charge in [-0.2, -0.15) is 0 Å². The second kappa shape index (κ2) is 7.60. The standard InChI is InChI=1S/C16H22N2O/c1-4-13(5-2)16(19)18-15-9-8-12(3)14(11-15)7-6-10-17/h8-9,11,13H,4-5,10,17H2,1-3H3,(H,18,19). The topological polar surface area (TPSA) is 55.1 Å². The van der Waals surface area contributed by atoms with Crippen molar-refractivity contribution >= 4 is 11.6 Å². The molecule has 1 amide bonds. The molecule has 1 aromatic carbocycles. The molecule has 0 atom stereocenters. The number of nitrogens with one attached hydrogen (secondary N) is 1. The van der Waals surface area contributed by atoms with Gasteiger partial charge in [-0.1, -0.05) is 31.8 Å². The summed E-state index contributed by atoms with van der Waals surface area (Å²) in [7, 11) is 0. The van der Waals surface area contributed by atoms with Gasteiger partial charge in [0.2, 0.25) is 5.91 Å². The Labute approximate surface area is 115 Å². The van der Waals surface area contributed by atoms with Crippen LogP contribution in [0.1, 0.15) is 37.8 Å². The molecule has 3 heteroatoms. The third kappa shape index (κ3) is 4.42. The Balaban J connectivity index is 2.88. The van der Waals surface area contributed by atoms with Gasteiger partial charge in [-0.15, -0.1) is 0 Å². The van der Waals surface area contributed by atoms with Crippen LogP contribution in [0.2, 0.25) is 0 Å². The van der Waals surface area contributed by atoms with E-state index in [-0.39, 0.29) is 11.8 Å². The van der Waals surface area contributed by atoms with E-state index < -0.39 is 0 Å². The predicted octanol–water partition coefficient (Wildman–Crippen LogP) is 2.68. The number of carbonyl (C=O) groups is 1. The summed E-state index contributed by atoms with van der Waals surface area (Å²) >= 11 is 0. The minimum atomic E-state index is 0.0693. The lowest BCUT2D eigenvalue weighted by molar-refractivity contribution is -0.120. The summed E-state index contributed by atoms with van der Waals surface area (Å²) in [4.78, 5) is 12.0. The molecule has 1 rings (SSSR count). The summed E-state index contributed by atoms with van der Waals surface area (Å²) in [6.45, 7) is 6.39. The maximum Gasteiger partial charge on any atom is 0.227 e. The third-order valence-electron chi connectivity index (χ3n) is 3.19. The second-order valence-electron chi connectivity index (χ2n) is 4.54. The molecule has 3 N–H and O–H groups in total. The van der Waals surface area contributed by atoms with Gasteiger partial charge in [-0.3, -0.25) is 4.79 Å². The molecule has 0 radical (unpaired) electrons. The summed E-state index contributed by atoms with van der Waals surface area (Å²) in [5, 5.41) is 2.95. The number of benzene rings is 1. The molecule has 0 saturated heterocycles. The Bertz CT molecular complexity index is 493. The number of anilines is 1. The van der Waals surface area contributed by atoms with Gasteiger partial charge in [0, 0.05) is 17.2 Å². The highest BCUT2D eigenvalue weighted by Crippen LogP contribution is 2.17. The van der Waals surface area contributed by atoms with Crippen LogP contribution in [0.5, 0.6) is 0 Å². The Morgan fingerprint density at radius 3 is 2.63 bits per heavy atom. The molecule has 0 saturated carbocycles. The first kappa shape index (κ1) is 15.3. The number of aryl methyl sites for hydroxylation is 1. The molecule has 0 heterocycles. The van der Waals surface area contributed by atoms with E-state index in [0.717, 1.165) is 29.7 Å². The van der Waals surface area contributed by atoms with Crippen molar-refractivity contribution in [3.8, 4) is 11.8 Å². The number of amides is 1. The zero-order chi connectivity index (χ0) is 14.3. The van der Waals surface area contributed by atoms with Crippen molar-refractivity contribution in [2.75, 3.05) is 11.9 Å². The van der Waals surface area contributed by atoms with Gasteiger partial charge in [0.15, 0.2) is 0 Å². The largest absolute Gasteiger partial charge is 0.326 e. The lowest BCUT2D eigenvalue weighted by Crippen LogP contribution is -2.21. The number of hydrogen-bond acceptors (Lipinski definition) is 2. The van der Waals surface area contributed by atoms with E-state index in [0.29, 0.717) is 6.54 Å². The van der Waals surface area contributed by atoms with Gasteiger partial charge < -0.3 is 11.1 Å². The molecule has 1 aromatic rings. The van der Waals surface area contributed by atoms with Crippen LogP contribution in [0.3, 0.4) is 0 Å². The lowest BCUT2D eigenvalue weighted by atomic mass is 10.0. The average molecular weight is 258 g/mol. The summed E-state index contributed by atoms with van der Waals surface area (Å²) < 4.78 is 0. The maximum atomic E-state index is 12.0. The van der Waals surface area contributed by atoms with Crippen LogP contribution >= 0.6 is 0 Å². The summed E-state index contributed by atoms with van der Waals surface area (Å²) in [6, 6.07) is 5.77. The summed E-state index contributed by atoms with van der Waals surface area (Å²) in [6.07, 6.45) is 1.71. The maximum absolute atomic E-state index is 12.0. The van der Waals surface area contributed by atoms with Crippen LogP contribution in [-0.4, -0.2) is 12.5 Å². The minimum Gasteiger partial charge on any atom is -0.326 e. The first-order valence-electron chi connectivity index (χ1n) is 6.72. The van der Waals surface area contributed by atoms with Gasteiger partial charge in [0.05, 0.1) is 6.54 Å². The van der Waals surface area contributed by atoms with E-state index in [1.54, 1.807) is 0 Å².